The Morgan fingerprint density at radius 1 is 1.05 bits per heavy atom. The van der Waals surface area contributed by atoms with E-state index in [4.69, 9.17) is 17.3 Å². The second kappa shape index (κ2) is 5.25. The Kier molecular flexibility index (Phi) is 3.81. The third kappa shape index (κ3) is 3.17. The van der Waals surface area contributed by atoms with E-state index in [1.807, 2.05) is 6.92 Å². The topological polar surface area (TPSA) is 38.0 Å². The van der Waals surface area contributed by atoms with Gasteiger partial charge in [-0.15, -0.1) is 0 Å². The molecule has 3 N–H and O–H groups in total. The van der Waals surface area contributed by atoms with Gasteiger partial charge in [0.15, 0.2) is 0 Å². The normalized spacial score (nSPS) is 11.4. The maximum Gasteiger partial charge on any atom is 0.418 e. The molecule has 2 aromatic carbocycles. The summed E-state index contributed by atoms with van der Waals surface area (Å²) < 4.78 is 38.9. The number of nitrogens with one attached hydrogen (secondary N) is 1. The molecule has 106 valence electrons. The second-order valence-corrected chi connectivity index (χ2v) is 4.82. The molecule has 0 heterocycles. The van der Waals surface area contributed by atoms with Crippen LogP contribution in [0.2, 0.25) is 5.02 Å². The molecule has 0 aliphatic carbocycles. The lowest BCUT2D eigenvalue weighted by Gasteiger charge is -2.16. The molecule has 0 atom stereocenters. The second-order valence-electron chi connectivity index (χ2n) is 4.41. The quantitative estimate of drug-likeness (QED) is 0.767. The van der Waals surface area contributed by atoms with Gasteiger partial charge in [0.1, 0.15) is 0 Å². The van der Waals surface area contributed by atoms with Crippen LogP contribution in [0, 0.1) is 6.92 Å². The number of hydrogen-bond acceptors (Lipinski definition) is 2. The van der Waals surface area contributed by atoms with E-state index in [9.17, 15) is 13.2 Å². The Morgan fingerprint density at radius 2 is 1.75 bits per heavy atom. The molecule has 0 radical (unpaired) electrons. The molecule has 2 rings (SSSR count). The smallest absolute Gasteiger partial charge is 0.399 e. The first-order valence-corrected chi connectivity index (χ1v) is 6.15. The Bertz CT molecular complexity index is 639. The van der Waals surface area contributed by atoms with Crippen molar-refractivity contribution in [3.63, 3.8) is 0 Å². The summed E-state index contributed by atoms with van der Waals surface area (Å²) in [6.45, 7) is 1.83. The maximum absolute atomic E-state index is 13.0. The van der Waals surface area contributed by atoms with Crippen LogP contribution in [0.5, 0.6) is 0 Å². The number of alkyl halides is 3. The number of benzene rings is 2. The van der Waals surface area contributed by atoms with Crippen molar-refractivity contribution in [1.29, 1.82) is 0 Å². The SMILES string of the molecule is Cc1ccc(Cl)c(Nc2ccc(N)cc2C(F)(F)F)c1. The summed E-state index contributed by atoms with van der Waals surface area (Å²) in [5.74, 6) is 0. The van der Waals surface area contributed by atoms with Gasteiger partial charge in [0.2, 0.25) is 0 Å². The van der Waals surface area contributed by atoms with Crippen LogP contribution in [0.3, 0.4) is 0 Å². The summed E-state index contributed by atoms with van der Waals surface area (Å²) in [6, 6.07) is 8.67. The summed E-state index contributed by atoms with van der Waals surface area (Å²) in [5.41, 5.74) is 5.87. The van der Waals surface area contributed by atoms with Gasteiger partial charge in [-0.05, 0) is 42.8 Å². The van der Waals surface area contributed by atoms with Crippen LogP contribution in [0.15, 0.2) is 36.4 Å². The highest BCUT2D eigenvalue weighted by Gasteiger charge is 2.33. The lowest BCUT2D eigenvalue weighted by atomic mass is 10.1. The van der Waals surface area contributed by atoms with Crippen molar-refractivity contribution < 1.29 is 13.2 Å². The van der Waals surface area contributed by atoms with Gasteiger partial charge in [0.05, 0.1) is 22.0 Å². The molecular weight excluding hydrogens is 289 g/mol. The van der Waals surface area contributed by atoms with Crippen LogP contribution in [-0.2, 0) is 6.18 Å². The lowest BCUT2D eigenvalue weighted by molar-refractivity contribution is -0.136. The molecule has 0 saturated carbocycles. The van der Waals surface area contributed by atoms with Crippen molar-refractivity contribution >= 4 is 28.7 Å². The maximum atomic E-state index is 13.0. The zero-order valence-electron chi connectivity index (χ0n) is 10.6. The average molecular weight is 301 g/mol. The molecule has 20 heavy (non-hydrogen) atoms. The van der Waals surface area contributed by atoms with Gasteiger partial charge in [-0.1, -0.05) is 17.7 Å². The number of hydrogen-bond donors (Lipinski definition) is 2. The monoisotopic (exact) mass is 300 g/mol. The molecule has 0 fully saturated rings. The van der Waals surface area contributed by atoms with Gasteiger partial charge in [-0.3, -0.25) is 0 Å². The predicted molar refractivity (Wildman–Crippen MR) is 75.3 cm³/mol. The summed E-state index contributed by atoms with van der Waals surface area (Å²) >= 11 is 5.98. The van der Waals surface area contributed by atoms with E-state index in [0.29, 0.717) is 10.7 Å². The van der Waals surface area contributed by atoms with Crippen molar-refractivity contribution in [2.24, 2.45) is 0 Å². The van der Waals surface area contributed by atoms with Gasteiger partial charge in [0, 0.05) is 5.69 Å². The molecule has 0 aliphatic rings. The molecule has 2 nitrogen and oxygen atoms in total. The molecule has 0 amide bonds. The van der Waals surface area contributed by atoms with Crippen LogP contribution in [0.25, 0.3) is 0 Å². The van der Waals surface area contributed by atoms with Crippen molar-refractivity contribution in [2.45, 2.75) is 13.1 Å². The fourth-order valence-electron chi connectivity index (χ4n) is 1.79. The van der Waals surface area contributed by atoms with E-state index in [1.165, 1.54) is 12.1 Å². The van der Waals surface area contributed by atoms with Crippen molar-refractivity contribution in [3.05, 3.63) is 52.5 Å². The average Bonchev–Trinajstić information content (AvgIpc) is 2.34. The van der Waals surface area contributed by atoms with Crippen LogP contribution >= 0.6 is 11.6 Å². The molecule has 6 heteroatoms. The molecule has 0 saturated heterocycles. The number of rotatable bonds is 2. The van der Waals surface area contributed by atoms with E-state index in [2.05, 4.69) is 5.32 Å². The summed E-state index contributed by atoms with van der Waals surface area (Å²) in [7, 11) is 0. The molecule has 0 unspecified atom stereocenters. The molecule has 0 spiro atoms. The highest BCUT2D eigenvalue weighted by atomic mass is 35.5. The van der Waals surface area contributed by atoms with Crippen LogP contribution in [0.1, 0.15) is 11.1 Å². The van der Waals surface area contributed by atoms with Crippen LogP contribution < -0.4 is 11.1 Å². The summed E-state index contributed by atoms with van der Waals surface area (Å²) in [6.07, 6.45) is -4.49. The first kappa shape index (κ1) is 14.5. The van der Waals surface area contributed by atoms with E-state index in [-0.39, 0.29) is 11.4 Å². The van der Waals surface area contributed by atoms with E-state index in [1.54, 1.807) is 18.2 Å². The molecule has 0 aromatic heterocycles. The zero-order chi connectivity index (χ0) is 14.9. The van der Waals surface area contributed by atoms with Crippen molar-refractivity contribution in [3.8, 4) is 0 Å². The van der Waals surface area contributed by atoms with Gasteiger partial charge in [-0.25, -0.2) is 0 Å². The Hall–Kier alpha value is -1.88. The zero-order valence-corrected chi connectivity index (χ0v) is 11.3. The Labute approximate surface area is 119 Å². The largest absolute Gasteiger partial charge is 0.418 e. The predicted octanol–water partition coefficient (Wildman–Crippen LogP) is 4.99. The molecule has 2 aromatic rings. The number of halogens is 4. The first-order valence-electron chi connectivity index (χ1n) is 5.77. The standard InChI is InChI=1S/C14H12ClF3N2/c1-8-2-4-11(15)13(6-8)20-12-5-3-9(19)7-10(12)14(16,17)18/h2-7,20H,19H2,1H3. The lowest BCUT2D eigenvalue weighted by Crippen LogP contribution is -2.09. The summed E-state index contributed by atoms with van der Waals surface area (Å²) in [5, 5.41) is 3.06. The van der Waals surface area contributed by atoms with Gasteiger partial charge >= 0.3 is 6.18 Å². The van der Waals surface area contributed by atoms with Crippen molar-refractivity contribution in [1.82, 2.24) is 0 Å². The fraction of sp³-hybridized carbons (Fsp3) is 0.143. The number of nitrogen functional groups attached to an aromatic ring is 1. The van der Waals surface area contributed by atoms with Gasteiger partial charge in [0.25, 0.3) is 0 Å². The molecule has 0 aliphatic heterocycles. The number of aryl methyl sites for hydroxylation is 1. The van der Waals surface area contributed by atoms with Crippen LogP contribution in [0.4, 0.5) is 30.2 Å². The first-order chi connectivity index (χ1) is 9.27. The van der Waals surface area contributed by atoms with Crippen LogP contribution in [-0.4, -0.2) is 0 Å². The minimum Gasteiger partial charge on any atom is -0.399 e. The minimum atomic E-state index is -4.49. The third-order valence-corrected chi connectivity index (χ3v) is 3.07. The third-order valence-electron chi connectivity index (χ3n) is 2.74. The number of nitrogens with two attached hydrogens (primary N) is 1. The molecular formula is C14H12ClF3N2. The minimum absolute atomic E-state index is 0.0539. The van der Waals surface area contributed by atoms with E-state index in [0.717, 1.165) is 11.6 Å². The Balaban J connectivity index is 2.46. The fourth-order valence-corrected chi connectivity index (χ4v) is 1.95. The Morgan fingerprint density at radius 3 is 2.40 bits per heavy atom. The highest BCUT2D eigenvalue weighted by molar-refractivity contribution is 6.33. The number of anilines is 3. The van der Waals surface area contributed by atoms with E-state index >= 15 is 0 Å². The highest BCUT2D eigenvalue weighted by Crippen LogP contribution is 2.38. The summed E-state index contributed by atoms with van der Waals surface area (Å²) in [4.78, 5) is 0. The van der Waals surface area contributed by atoms with Crippen molar-refractivity contribution in [2.75, 3.05) is 11.1 Å². The van der Waals surface area contributed by atoms with Gasteiger partial charge < -0.3 is 11.1 Å². The van der Waals surface area contributed by atoms with Gasteiger partial charge in [-0.2, -0.15) is 13.2 Å². The molecule has 0 bridgehead atoms. The van der Waals surface area contributed by atoms with E-state index < -0.39 is 11.7 Å².